The van der Waals surface area contributed by atoms with E-state index in [1.54, 1.807) is 0 Å². The van der Waals surface area contributed by atoms with Crippen LogP contribution in [0.25, 0.3) is 0 Å². The fourth-order valence-electron chi connectivity index (χ4n) is 2.29. The van der Waals surface area contributed by atoms with E-state index >= 15 is 0 Å². The first kappa shape index (κ1) is 13.4. The number of carbonyl (C=O) groups excluding carboxylic acids is 1. The van der Waals surface area contributed by atoms with Crippen LogP contribution in [0.5, 0.6) is 0 Å². The van der Waals surface area contributed by atoms with E-state index in [4.69, 9.17) is 4.74 Å². The van der Waals surface area contributed by atoms with Crippen molar-refractivity contribution in [1.82, 2.24) is 0 Å². The number of benzene rings is 1. The van der Waals surface area contributed by atoms with E-state index in [1.807, 2.05) is 19.1 Å². The van der Waals surface area contributed by atoms with Crippen molar-refractivity contribution in [3.63, 3.8) is 0 Å². The van der Waals surface area contributed by atoms with E-state index < -0.39 is 0 Å². The molecule has 1 aliphatic rings. The van der Waals surface area contributed by atoms with Gasteiger partial charge in [0.15, 0.2) is 0 Å². The SMILES string of the molecule is CCOC(=O)C1CCN(c2ccc(Br)cc2)CC1. The fraction of sp³-hybridized carbons (Fsp3) is 0.500. The summed E-state index contributed by atoms with van der Waals surface area (Å²) in [5.74, 6) is 0.0459. The van der Waals surface area contributed by atoms with Crippen LogP contribution in [0.4, 0.5) is 5.69 Å². The smallest absolute Gasteiger partial charge is 0.309 e. The van der Waals surface area contributed by atoms with Crippen LogP contribution in [0.1, 0.15) is 19.8 Å². The molecule has 0 unspecified atom stereocenters. The summed E-state index contributed by atoms with van der Waals surface area (Å²) >= 11 is 3.44. The molecule has 0 aromatic heterocycles. The molecule has 0 N–H and O–H groups in total. The molecule has 18 heavy (non-hydrogen) atoms. The van der Waals surface area contributed by atoms with Crippen LogP contribution in [-0.4, -0.2) is 25.7 Å². The molecule has 1 aromatic rings. The number of ether oxygens (including phenoxy) is 1. The average Bonchev–Trinajstić information content (AvgIpc) is 2.40. The maximum atomic E-state index is 11.6. The van der Waals surface area contributed by atoms with Gasteiger partial charge in [-0.1, -0.05) is 15.9 Å². The van der Waals surface area contributed by atoms with Gasteiger partial charge in [-0.2, -0.15) is 0 Å². The highest BCUT2D eigenvalue weighted by molar-refractivity contribution is 9.10. The molecule has 2 rings (SSSR count). The van der Waals surface area contributed by atoms with Crippen molar-refractivity contribution in [3.05, 3.63) is 28.7 Å². The molecule has 1 fully saturated rings. The molecule has 0 amide bonds. The first-order chi connectivity index (χ1) is 8.70. The minimum atomic E-state index is -0.0343. The third-order valence-corrected chi connectivity index (χ3v) is 3.84. The molecular formula is C14H18BrNO2. The molecular weight excluding hydrogens is 294 g/mol. The number of nitrogens with zero attached hydrogens (tertiary/aromatic N) is 1. The van der Waals surface area contributed by atoms with Crippen LogP contribution in [-0.2, 0) is 9.53 Å². The summed E-state index contributed by atoms with van der Waals surface area (Å²) < 4.78 is 6.16. The van der Waals surface area contributed by atoms with Crippen LogP contribution in [0.15, 0.2) is 28.7 Å². The van der Waals surface area contributed by atoms with Crippen molar-refractivity contribution >= 4 is 27.6 Å². The highest BCUT2D eigenvalue weighted by Gasteiger charge is 2.25. The highest BCUT2D eigenvalue weighted by Crippen LogP contribution is 2.25. The number of hydrogen-bond donors (Lipinski definition) is 0. The molecule has 0 spiro atoms. The van der Waals surface area contributed by atoms with Gasteiger partial charge < -0.3 is 9.64 Å². The molecule has 1 heterocycles. The molecule has 1 aliphatic heterocycles. The van der Waals surface area contributed by atoms with E-state index in [0.29, 0.717) is 6.61 Å². The topological polar surface area (TPSA) is 29.5 Å². The quantitative estimate of drug-likeness (QED) is 0.803. The summed E-state index contributed by atoms with van der Waals surface area (Å²) in [6.45, 7) is 4.18. The summed E-state index contributed by atoms with van der Waals surface area (Å²) in [7, 11) is 0. The van der Waals surface area contributed by atoms with Crippen molar-refractivity contribution in [3.8, 4) is 0 Å². The van der Waals surface area contributed by atoms with E-state index in [0.717, 1.165) is 30.4 Å². The summed E-state index contributed by atoms with van der Waals surface area (Å²) in [6.07, 6.45) is 1.77. The number of hydrogen-bond acceptors (Lipinski definition) is 3. The van der Waals surface area contributed by atoms with Gasteiger partial charge >= 0.3 is 5.97 Å². The minimum absolute atomic E-state index is 0.0343. The van der Waals surface area contributed by atoms with Gasteiger partial charge in [0.25, 0.3) is 0 Å². The molecule has 1 saturated heterocycles. The Hall–Kier alpha value is -1.03. The van der Waals surface area contributed by atoms with Crippen LogP contribution >= 0.6 is 15.9 Å². The van der Waals surface area contributed by atoms with Gasteiger partial charge in [-0.05, 0) is 44.0 Å². The number of halogens is 1. The van der Waals surface area contributed by atoms with Crippen molar-refractivity contribution < 1.29 is 9.53 Å². The first-order valence-corrected chi connectivity index (χ1v) is 7.17. The average molecular weight is 312 g/mol. The van der Waals surface area contributed by atoms with Gasteiger partial charge in [-0.3, -0.25) is 4.79 Å². The third-order valence-electron chi connectivity index (χ3n) is 3.31. The van der Waals surface area contributed by atoms with Gasteiger partial charge in [0.05, 0.1) is 12.5 Å². The Morgan fingerprint density at radius 2 is 1.94 bits per heavy atom. The lowest BCUT2D eigenvalue weighted by Gasteiger charge is -2.32. The number of anilines is 1. The number of carbonyl (C=O) groups is 1. The molecule has 98 valence electrons. The van der Waals surface area contributed by atoms with Crippen LogP contribution in [0.3, 0.4) is 0 Å². The molecule has 0 saturated carbocycles. The van der Waals surface area contributed by atoms with Crippen LogP contribution in [0.2, 0.25) is 0 Å². The maximum absolute atomic E-state index is 11.6. The molecule has 4 heteroatoms. The fourth-order valence-corrected chi connectivity index (χ4v) is 2.55. The largest absolute Gasteiger partial charge is 0.466 e. The zero-order valence-corrected chi connectivity index (χ0v) is 12.1. The van der Waals surface area contributed by atoms with Gasteiger partial charge in [0.1, 0.15) is 0 Å². The monoisotopic (exact) mass is 311 g/mol. The lowest BCUT2D eigenvalue weighted by atomic mass is 9.96. The summed E-state index contributed by atoms with van der Waals surface area (Å²) in [6, 6.07) is 8.31. The van der Waals surface area contributed by atoms with Gasteiger partial charge in [-0.15, -0.1) is 0 Å². The zero-order chi connectivity index (χ0) is 13.0. The van der Waals surface area contributed by atoms with E-state index in [9.17, 15) is 4.79 Å². The van der Waals surface area contributed by atoms with E-state index in [-0.39, 0.29) is 11.9 Å². The maximum Gasteiger partial charge on any atom is 0.309 e. The van der Waals surface area contributed by atoms with Crippen molar-refractivity contribution in [2.45, 2.75) is 19.8 Å². The molecule has 0 aliphatic carbocycles. The molecule has 1 aromatic carbocycles. The van der Waals surface area contributed by atoms with E-state index in [2.05, 4.69) is 33.0 Å². The van der Waals surface area contributed by atoms with Crippen LogP contribution < -0.4 is 4.90 Å². The second kappa shape index (κ2) is 6.23. The Labute approximate surface area is 116 Å². The summed E-state index contributed by atoms with van der Waals surface area (Å²) in [5.41, 5.74) is 1.22. The third kappa shape index (κ3) is 3.25. The molecule has 0 bridgehead atoms. The van der Waals surface area contributed by atoms with Gasteiger partial charge in [0, 0.05) is 23.2 Å². The Kier molecular flexibility index (Phi) is 4.64. The van der Waals surface area contributed by atoms with Gasteiger partial charge in [0.2, 0.25) is 0 Å². The van der Waals surface area contributed by atoms with Crippen molar-refractivity contribution in [2.75, 3.05) is 24.6 Å². The summed E-state index contributed by atoms with van der Waals surface area (Å²) in [4.78, 5) is 14.0. The second-order valence-electron chi connectivity index (χ2n) is 4.49. The lowest BCUT2D eigenvalue weighted by Crippen LogP contribution is -2.36. The Morgan fingerprint density at radius 3 is 2.50 bits per heavy atom. The number of piperidine rings is 1. The van der Waals surface area contributed by atoms with E-state index in [1.165, 1.54) is 5.69 Å². The minimum Gasteiger partial charge on any atom is -0.466 e. The predicted octanol–water partition coefficient (Wildman–Crippen LogP) is 3.23. The highest BCUT2D eigenvalue weighted by atomic mass is 79.9. The Balaban J connectivity index is 1.90. The number of rotatable bonds is 3. The van der Waals surface area contributed by atoms with Gasteiger partial charge in [-0.25, -0.2) is 0 Å². The lowest BCUT2D eigenvalue weighted by molar-refractivity contribution is -0.148. The Bertz CT molecular complexity index is 397. The second-order valence-corrected chi connectivity index (χ2v) is 5.41. The standard InChI is InChI=1S/C14H18BrNO2/c1-2-18-14(17)11-7-9-16(10-8-11)13-5-3-12(15)4-6-13/h3-6,11H,2,7-10H2,1H3. The zero-order valence-electron chi connectivity index (χ0n) is 10.6. The summed E-state index contributed by atoms with van der Waals surface area (Å²) in [5, 5.41) is 0. The molecule has 0 radical (unpaired) electrons. The molecule has 0 atom stereocenters. The van der Waals surface area contributed by atoms with Crippen LogP contribution in [0, 0.1) is 5.92 Å². The normalized spacial score (nSPS) is 16.7. The first-order valence-electron chi connectivity index (χ1n) is 6.38. The molecule has 3 nitrogen and oxygen atoms in total. The van der Waals surface area contributed by atoms with Crippen molar-refractivity contribution in [1.29, 1.82) is 0 Å². The number of esters is 1. The predicted molar refractivity (Wildman–Crippen MR) is 75.7 cm³/mol. The van der Waals surface area contributed by atoms with Crippen molar-refractivity contribution in [2.24, 2.45) is 5.92 Å². The Morgan fingerprint density at radius 1 is 1.33 bits per heavy atom.